The SMILES string of the molecule is CC[C@H](Oc1cc(C)cc(C)c1)C(=O)N[C@H](CC)c1ccc(C)cc1. The van der Waals surface area contributed by atoms with Gasteiger partial charge in [0.25, 0.3) is 5.91 Å². The summed E-state index contributed by atoms with van der Waals surface area (Å²) in [6, 6.07) is 14.4. The van der Waals surface area contributed by atoms with E-state index >= 15 is 0 Å². The van der Waals surface area contributed by atoms with E-state index < -0.39 is 6.10 Å². The number of carbonyl (C=O) groups excluding carboxylic acids is 1. The molecule has 0 spiro atoms. The second kappa shape index (κ2) is 8.70. The number of ether oxygens (including phenoxy) is 1. The van der Waals surface area contributed by atoms with E-state index in [9.17, 15) is 4.79 Å². The van der Waals surface area contributed by atoms with Crippen molar-refractivity contribution in [3.63, 3.8) is 0 Å². The van der Waals surface area contributed by atoms with Crippen molar-refractivity contribution < 1.29 is 9.53 Å². The fourth-order valence-corrected chi connectivity index (χ4v) is 2.97. The van der Waals surface area contributed by atoms with Crippen LogP contribution in [0.2, 0.25) is 0 Å². The lowest BCUT2D eigenvalue weighted by Gasteiger charge is -2.23. The first-order valence-corrected chi connectivity index (χ1v) is 9.04. The maximum absolute atomic E-state index is 12.7. The molecule has 0 unspecified atom stereocenters. The molecule has 2 atom stereocenters. The van der Waals surface area contributed by atoms with Crippen LogP contribution >= 0.6 is 0 Å². The van der Waals surface area contributed by atoms with Crippen LogP contribution in [-0.4, -0.2) is 12.0 Å². The Morgan fingerprint density at radius 2 is 1.52 bits per heavy atom. The van der Waals surface area contributed by atoms with E-state index in [0.717, 1.165) is 28.9 Å². The first-order valence-electron chi connectivity index (χ1n) is 9.04. The zero-order valence-electron chi connectivity index (χ0n) is 15.9. The average molecular weight is 339 g/mol. The molecule has 0 aromatic heterocycles. The highest BCUT2D eigenvalue weighted by atomic mass is 16.5. The normalized spacial score (nSPS) is 13.2. The number of benzene rings is 2. The molecule has 3 heteroatoms. The first-order chi connectivity index (χ1) is 11.9. The van der Waals surface area contributed by atoms with E-state index in [1.807, 2.05) is 32.9 Å². The summed E-state index contributed by atoms with van der Waals surface area (Å²) in [6.45, 7) is 10.2. The number of hydrogen-bond acceptors (Lipinski definition) is 2. The molecule has 0 aliphatic heterocycles. The molecular formula is C22H29NO2. The van der Waals surface area contributed by atoms with Gasteiger partial charge in [0.05, 0.1) is 6.04 Å². The quantitative estimate of drug-likeness (QED) is 0.768. The van der Waals surface area contributed by atoms with Crippen LogP contribution in [0.15, 0.2) is 42.5 Å². The minimum atomic E-state index is -0.485. The summed E-state index contributed by atoms with van der Waals surface area (Å²) < 4.78 is 5.98. The van der Waals surface area contributed by atoms with Crippen molar-refractivity contribution in [3.8, 4) is 5.75 Å². The van der Waals surface area contributed by atoms with Gasteiger partial charge in [-0.25, -0.2) is 0 Å². The molecule has 0 saturated carbocycles. The van der Waals surface area contributed by atoms with Gasteiger partial charge < -0.3 is 10.1 Å². The van der Waals surface area contributed by atoms with Crippen molar-refractivity contribution in [1.29, 1.82) is 0 Å². The summed E-state index contributed by atoms with van der Waals surface area (Å²) in [5, 5.41) is 3.14. The highest BCUT2D eigenvalue weighted by Crippen LogP contribution is 2.21. The largest absolute Gasteiger partial charge is 0.481 e. The maximum Gasteiger partial charge on any atom is 0.261 e. The minimum absolute atomic E-state index is 0.00463. The fourth-order valence-electron chi connectivity index (χ4n) is 2.97. The molecule has 134 valence electrons. The first kappa shape index (κ1) is 19.0. The van der Waals surface area contributed by atoms with Gasteiger partial charge in [0.2, 0.25) is 0 Å². The molecule has 0 saturated heterocycles. The van der Waals surface area contributed by atoms with Crippen LogP contribution in [0.1, 0.15) is 55.0 Å². The topological polar surface area (TPSA) is 38.3 Å². The van der Waals surface area contributed by atoms with E-state index in [4.69, 9.17) is 4.74 Å². The molecule has 0 heterocycles. The Morgan fingerprint density at radius 3 is 2.04 bits per heavy atom. The Labute approximate surface area is 151 Å². The van der Waals surface area contributed by atoms with Gasteiger partial charge >= 0.3 is 0 Å². The van der Waals surface area contributed by atoms with Crippen LogP contribution in [0.25, 0.3) is 0 Å². The Kier molecular flexibility index (Phi) is 6.63. The smallest absolute Gasteiger partial charge is 0.261 e. The molecule has 25 heavy (non-hydrogen) atoms. The van der Waals surface area contributed by atoms with Gasteiger partial charge in [-0.1, -0.05) is 49.7 Å². The molecule has 0 aliphatic carbocycles. The van der Waals surface area contributed by atoms with Crippen molar-refractivity contribution in [2.24, 2.45) is 0 Å². The lowest BCUT2D eigenvalue weighted by Crippen LogP contribution is -2.40. The number of rotatable bonds is 7. The Balaban J connectivity index is 2.08. The zero-order valence-corrected chi connectivity index (χ0v) is 15.9. The highest BCUT2D eigenvalue weighted by Gasteiger charge is 2.22. The van der Waals surface area contributed by atoms with Crippen LogP contribution in [-0.2, 0) is 4.79 Å². The number of nitrogens with one attached hydrogen (secondary N) is 1. The molecule has 2 aromatic rings. The van der Waals surface area contributed by atoms with Crippen molar-refractivity contribution in [3.05, 3.63) is 64.7 Å². The van der Waals surface area contributed by atoms with Gasteiger partial charge in [0, 0.05) is 0 Å². The zero-order chi connectivity index (χ0) is 18.4. The third kappa shape index (κ3) is 5.35. The summed E-state index contributed by atoms with van der Waals surface area (Å²) in [5.74, 6) is 0.692. The number of carbonyl (C=O) groups is 1. The van der Waals surface area contributed by atoms with Crippen molar-refractivity contribution >= 4 is 5.91 Å². The third-order valence-electron chi connectivity index (χ3n) is 4.34. The summed E-state index contributed by atoms with van der Waals surface area (Å²) in [7, 11) is 0. The van der Waals surface area contributed by atoms with E-state index in [2.05, 4.69) is 49.5 Å². The maximum atomic E-state index is 12.7. The van der Waals surface area contributed by atoms with Gasteiger partial charge in [-0.2, -0.15) is 0 Å². The molecular weight excluding hydrogens is 310 g/mol. The van der Waals surface area contributed by atoms with Crippen molar-refractivity contribution in [2.45, 2.75) is 59.6 Å². The Bertz CT molecular complexity index is 686. The van der Waals surface area contributed by atoms with Crippen molar-refractivity contribution in [2.75, 3.05) is 0 Å². The van der Waals surface area contributed by atoms with E-state index in [0.29, 0.717) is 6.42 Å². The van der Waals surface area contributed by atoms with Crippen LogP contribution in [0, 0.1) is 20.8 Å². The molecule has 0 aliphatic rings. The van der Waals surface area contributed by atoms with E-state index in [1.54, 1.807) is 0 Å². The lowest BCUT2D eigenvalue weighted by atomic mass is 10.0. The predicted molar refractivity (Wildman–Crippen MR) is 103 cm³/mol. The van der Waals surface area contributed by atoms with Gasteiger partial charge in [-0.3, -0.25) is 4.79 Å². The molecule has 3 nitrogen and oxygen atoms in total. The van der Waals surface area contributed by atoms with Gasteiger partial charge in [-0.05, 0) is 62.4 Å². The standard InChI is InChI=1S/C22H29NO2/c1-6-20(18-10-8-15(3)9-11-18)23-22(24)21(7-2)25-19-13-16(4)12-17(5)14-19/h8-14,20-21H,6-7H2,1-5H3,(H,23,24)/t20-,21+/m1/s1. The monoisotopic (exact) mass is 339 g/mol. The third-order valence-corrected chi connectivity index (χ3v) is 4.34. The summed E-state index contributed by atoms with van der Waals surface area (Å²) in [5.41, 5.74) is 4.62. The second-order valence-corrected chi connectivity index (χ2v) is 6.72. The second-order valence-electron chi connectivity index (χ2n) is 6.72. The minimum Gasteiger partial charge on any atom is -0.481 e. The van der Waals surface area contributed by atoms with Crippen LogP contribution in [0.3, 0.4) is 0 Å². The molecule has 0 bridgehead atoms. The predicted octanol–water partition coefficient (Wildman–Crippen LogP) is 5.04. The van der Waals surface area contributed by atoms with Crippen molar-refractivity contribution in [1.82, 2.24) is 5.32 Å². The van der Waals surface area contributed by atoms with E-state index in [-0.39, 0.29) is 11.9 Å². The highest BCUT2D eigenvalue weighted by molar-refractivity contribution is 5.81. The van der Waals surface area contributed by atoms with Gasteiger partial charge in [0.1, 0.15) is 5.75 Å². The Hall–Kier alpha value is -2.29. The molecule has 1 amide bonds. The van der Waals surface area contributed by atoms with Gasteiger partial charge in [0.15, 0.2) is 6.10 Å². The summed E-state index contributed by atoms with van der Waals surface area (Å²) in [6.07, 6.45) is 0.985. The van der Waals surface area contributed by atoms with Crippen LogP contribution < -0.4 is 10.1 Å². The number of hydrogen-bond donors (Lipinski definition) is 1. The average Bonchev–Trinajstić information content (AvgIpc) is 2.57. The van der Waals surface area contributed by atoms with Gasteiger partial charge in [-0.15, -0.1) is 0 Å². The summed E-state index contributed by atoms with van der Waals surface area (Å²) >= 11 is 0. The fraction of sp³-hybridized carbons (Fsp3) is 0.409. The molecule has 2 rings (SSSR count). The number of amides is 1. The van der Waals surface area contributed by atoms with E-state index in [1.165, 1.54) is 5.56 Å². The number of aryl methyl sites for hydroxylation is 3. The summed E-state index contributed by atoms with van der Waals surface area (Å²) in [4.78, 5) is 12.7. The molecule has 0 fully saturated rings. The molecule has 1 N–H and O–H groups in total. The molecule has 2 aromatic carbocycles. The lowest BCUT2D eigenvalue weighted by molar-refractivity contribution is -0.128. The Morgan fingerprint density at radius 1 is 0.920 bits per heavy atom. The van der Waals surface area contributed by atoms with Crippen LogP contribution in [0.5, 0.6) is 5.75 Å². The van der Waals surface area contributed by atoms with Crippen LogP contribution in [0.4, 0.5) is 0 Å². The molecule has 0 radical (unpaired) electrons.